The lowest BCUT2D eigenvalue weighted by Gasteiger charge is -2.07. The van der Waals surface area contributed by atoms with Crippen molar-refractivity contribution in [2.75, 3.05) is 0 Å². The van der Waals surface area contributed by atoms with Gasteiger partial charge in [0.15, 0.2) is 0 Å². The van der Waals surface area contributed by atoms with Gasteiger partial charge in [0, 0.05) is 10.5 Å². The number of hydrogen-bond donors (Lipinski definition) is 3. The lowest BCUT2D eigenvalue weighted by molar-refractivity contribution is 0.815. The summed E-state index contributed by atoms with van der Waals surface area (Å²) in [6, 6.07) is 3.67. The van der Waals surface area contributed by atoms with Crippen molar-refractivity contribution in [3.8, 4) is 0 Å². The van der Waals surface area contributed by atoms with Crippen LogP contribution in [0.15, 0.2) is 21.4 Å². The summed E-state index contributed by atoms with van der Waals surface area (Å²) < 4.78 is 0.912. The maximum Gasteiger partial charge on any atom is 0.323 e. The second-order valence-corrected chi connectivity index (χ2v) is 4.14. The SMILES string of the molecule is C[C@H](N)c1cc2[nH]c(=O)[nH]c2cc1Br. The van der Waals surface area contributed by atoms with E-state index in [9.17, 15) is 4.79 Å². The summed E-state index contributed by atoms with van der Waals surface area (Å²) in [5.41, 5.74) is 8.13. The van der Waals surface area contributed by atoms with Crippen LogP contribution in [0.25, 0.3) is 11.0 Å². The lowest BCUT2D eigenvalue weighted by Crippen LogP contribution is -2.05. The summed E-state index contributed by atoms with van der Waals surface area (Å²) in [6.07, 6.45) is 0. The van der Waals surface area contributed by atoms with Gasteiger partial charge in [-0.05, 0) is 24.6 Å². The number of halogens is 1. The quantitative estimate of drug-likeness (QED) is 0.725. The van der Waals surface area contributed by atoms with E-state index in [4.69, 9.17) is 5.73 Å². The maximum absolute atomic E-state index is 11.0. The number of aromatic amines is 2. The first-order chi connectivity index (χ1) is 6.58. The summed E-state index contributed by atoms with van der Waals surface area (Å²) >= 11 is 3.41. The van der Waals surface area contributed by atoms with Crippen molar-refractivity contribution in [3.63, 3.8) is 0 Å². The van der Waals surface area contributed by atoms with Gasteiger partial charge in [0.05, 0.1) is 11.0 Å². The van der Waals surface area contributed by atoms with Gasteiger partial charge in [0.1, 0.15) is 0 Å². The molecule has 0 fully saturated rings. The molecule has 14 heavy (non-hydrogen) atoms. The number of benzene rings is 1. The minimum atomic E-state index is -0.200. The molecule has 1 aromatic heterocycles. The predicted octanol–water partition coefficient (Wildman–Crippen LogP) is 1.64. The first-order valence-corrected chi connectivity index (χ1v) is 5.04. The van der Waals surface area contributed by atoms with Gasteiger partial charge in [0.2, 0.25) is 0 Å². The van der Waals surface area contributed by atoms with Crippen LogP contribution >= 0.6 is 15.9 Å². The van der Waals surface area contributed by atoms with Crippen LogP contribution in [0.4, 0.5) is 0 Å². The van der Waals surface area contributed by atoms with E-state index in [0.29, 0.717) is 0 Å². The number of rotatable bonds is 1. The largest absolute Gasteiger partial charge is 0.324 e. The Morgan fingerprint density at radius 3 is 2.50 bits per heavy atom. The molecular weight excluding hydrogens is 246 g/mol. The molecular formula is C9H10BrN3O. The normalized spacial score (nSPS) is 13.4. The minimum absolute atomic E-state index is 0.0628. The fraction of sp³-hybridized carbons (Fsp3) is 0.222. The fourth-order valence-corrected chi connectivity index (χ4v) is 2.13. The number of fused-ring (bicyclic) bond motifs is 1. The Bertz CT molecular complexity index is 526. The number of hydrogen-bond acceptors (Lipinski definition) is 2. The van der Waals surface area contributed by atoms with Crippen LogP contribution in [0.1, 0.15) is 18.5 Å². The van der Waals surface area contributed by atoms with E-state index in [1.807, 2.05) is 19.1 Å². The molecule has 0 bridgehead atoms. The van der Waals surface area contributed by atoms with Crippen molar-refractivity contribution in [2.24, 2.45) is 5.73 Å². The van der Waals surface area contributed by atoms with Crippen molar-refractivity contribution >= 4 is 27.0 Å². The Morgan fingerprint density at radius 2 is 1.93 bits per heavy atom. The molecule has 0 unspecified atom stereocenters. The van der Waals surface area contributed by atoms with Crippen LogP contribution in [0.5, 0.6) is 0 Å². The number of H-pyrrole nitrogens is 2. The van der Waals surface area contributed by atoms with Crippen LogP contribution < -0.4 is 11.4 Å². The molecule has 0 aliphatic heterocycles. The Kier molecular flexibility index (Phi) is 2.20. The zero-order chi connectivity index (χ0) is 10.3. The van der Waals surface area contributed by atoms with Crippen molar-refractivity contribution in [3.05, 3.63) is 32.7 Å². The highest BCUT2D eigenvalue weighted by atomic mass is 79.9. The average Bonchev–Trinajstić information content (AvgIpc) is 2.42. The third-order valence-corrected chi connectivity index (χ3v) is 2.81. The predicted molar refractivity (Wildman–Crippen MR) is 59.2 cm³/mol. The first kappa shape index (κ1) is 9.48. The molecule has 4 N–H and O–H groups in total. The molecule has 1 atom stereocenters. The molecule has 0 radical (unpaired) electrons. The van der Waals surface area contributed by atoms with Crippen LogP contribution in [-0.2, 0) is 0 Å². The van der Waals surface area contributed by atoms with E-state index in [0.717, 1.165) is 21.1 Å². The molecule has 0 aliphatic rings. The van der Waals surface area contributed by atoms with Crippen LogP contribution in [0.2, 0.25) is 0 Å². The third kappa shape index (κ3) is 1.49. The van der Waals surface area contributed by atoms with Gasteiger partial charge in [-0.15, -0.1) is 0 Å². The smallest absolute Gasteiger partial charge is 0.323 e. The van der Waals surface area contributed by atoms with Crippen LogP contribution in [-0.4, -0.2) is 9.97 Å². The molecule has 0 spiro atoms. The Morgan fingerprint density at radius 1 is 1.36 bits per heavy atom. The van der Waals surface area contributed by atoms with Gasteiger partial charge in [0.25, 0.3) is 0 Å². The molecule has 1 aromatic carbocycles. The van der Waals surface area contributed by atoms with Gasteiger partial charge in [-0.25, -0.2) is 4.79 Å². The lowest BCUT2D eigenvalue weighted by atomic mass is 10.1. The Labute approximate surface area is 88.6 Å². The van der Waals surface area contributed by atoms with Crippen LogP contribution in [0.3, 0.4) is 0 Å². The first-order valence-electron chi connectivity index (χ1n) is 4.25. The van der Waals surface area contributed by atoms with E-state index < -0.39 is 0 Å². The van der Waals surface area contributed by atoms with Gasteiger partial charge >= 0.3 is 5.69 Å². The zero-order valence-electron chi connectivity index (χ0n) is 7.60. The van der Waals surface area contributed by atoms with Crippen molar-refractivity contribution in [1.29, 1.82) is 0 Å². The molecule has 0 saturated heterocycles. The number of imidazole rings is 1. The number of nitrogens with one attached hydrogen (secondary N) is 2. The van der Waals surface area contributed by atoms with Gasteiger partial charge in [-0.1, -0.05) is 15.9 Å². The van der Waals surface area contributed by atoms with Crippen molar-refractivity contribution < 1.29 is 0 Å². The number of nitrogens with two attached hydrogens (primary N) is 1. The van der Waals surface area contributed by atoms with Crippen molar-refractivity contribution in [1.82, 2.24) is 9.97 Å². The fourth-order valence-electron chi connectivity index (χ4n) is 1.42. The molecule has 2 rings (SSSR count). The molecule has 0 saturated carbocycles. The van der Waals surface area contributed by atoms with E-state index in [-0.39, 0.29) is 11.7 Å². The standard InChI is InChI=1S/C9H10BrN3O/c1-4(11)5-2-7-8(3-6(5)10)13-9(14)12-7/h2-4H,11H2,1H3,(H2,12,13,14)/t4-/m0/s1. The molecule has 74 valence electrons. The highest BCUT2D eigenvalue weighted by Gasteiger charge is 2.08. The molecule has 2 aromatic rings. The molecule has 4 nitrogen and oxygen atoms in total. The van der Waals surface area contributed by atoms with E-state index in [2.05, 4.69) is 25.9 Å². The zero-order valence-corrected chi connectivity index (χ0v) is 9.18. The summed E-state index contributed by atoms with van der Waals surface area (Å²) in [6.45, 7) is 1.90. The molecule has 5 heteroatoms. The van der Waals surface area contributed by atoms with Crippen LogP contribution in [0, 0.1) is 0 Å². The second kappa shape index (κ2) is 3.25. The Hall–Kier alpha value is -1.07. The third-order valence-electron chi connectivity index (χ3n) is 2.12. The summed E-state index contributed by atoms with van der Waals surface area (Å²) in [4.78, 5) is 16.4. The highest BCUT2D eigenvalue weighted by Crippen LogP contribution is 2.25. The summed E-state index contributed by atoms with van der Waals surface area (Å²) in [7, 11) is 0. The number of aromatic nitrogens is 2. The molecule has 0 amide bonds. The van der Waals surface area contributed by atoms with E-state index in [1.165, 1.54) is 0 Å². The van der Waals surface area contributed by atoms with Gasteiger partial charge < -0.3 is 15.7 Å². The molecule has 1 heterocycles. The monoisotopic (exact) mass is 255 g/mol. The summed E-state index contributed by atoms with van der Waals surface area (Å²) in [5, 5.41) is 0. The maximum atomic E-state index is 11.0. The highest BCUT2D eigenvalue weighted by molar-refractivity contribution is 9.10. The second-order valence-electron chi connectivity index (χ2n) is 3.29. The summed E-state index contributed by atoms with van der Waals surface area (Å²) in [5.74, 6) is 0. The van der Waals surface area contributed by atoms with Gasteiger partial charge in [-0.3, -0.25) is 0 Å². The average molecular weight is 256 g/mol. The Balaban J connectivity index is 2.76. The topological polar surface area (TPSA) is 74.7 Å². The van der Waals surface area contributed by atoms with E-state index in [1.54, 1.807) is 0 Å². The van der Waals surface area contributed by atoms with E-state index >= 15 is 0 Å². The molecule has 0 aliphatic carbocycles. The van der Waals surface area contributed by atoms with Gasteiger partial charge in [-0.2, -0.15) is 0 Å². The van der Waals surface area contributed by atoms with Crippen molar-refractivity contribution in [2.45, 2.75) is 13.0 Å². The minimum Gasteiger partial charge on any atom is -0.324 e.